The van der Waals surface area contributed by atoms with Gasteiger partial charge in [0.05, 0.1) is 0 Å². The summed E-state index contributed by atoms with van der Waals surface area (Å²) in [6, 6.07) is 0. The van der Waals surface area contributed by atoms with Gasteiger partial charge in [-0.25, -0.2) is 13.2 Å². The molecule has 82 valence electrons. The summed E-state index contributed by atoms with van der Waals surface area (Å²) in [5.41, 5.74) is -0.745. The summed E-state index contributed by atoms with van der Waals surface area (Å²) < 4.78 is 55.7. The Hall–Kier alpha value is -1.59. The Bertz CT molecular complexity index is 400. The maximum atomic E-state index is 13.1. The molecule has 0 aliphatic heterocycles. The van der Waals surface area contributed by atoms with E-state index in [4.69, 9.17) is 0 Å². The van der Waals surface area contributed by atoms with Crippen molar-refractivity contribution in [1.29, 1.82) is 0 Å². The van der Waals surface area contributed by atoms with Gasteiger partial charge < -0.3 is 4.74 Å². The van der Waals surface area contributed by atoms with E-state index in [2.05, 4.69) is 4.74 Å². The zero-order valence-corrected chi connectivity index (χ0v) is 7.83. The summed E-state index contributed by atoms with van der Waals surface area (Å²) in [5.74, 6) is -9.05. The lowest BCUT2D eigenvalue weighted by Gasteiger charge is -2.08. The van der Waals surface area contributed by atoms with Crippen LogP contribution in [0.5, 0.6) is 5.75 Å². The van der Waals surface area contributed by atoms with Crippen LogP contribution in [0.1, 0.15) is 12.5 Å². The number of rotatable bonds is 1. The Morgan fingerprint density at radius 2 is 1.53 bits per heavy atom. The summed E-state index contributed by atoms with van der Waals surface area (Å²) in [6.45, 7) is 1.79. The molecule has 0 bridgehead atoms. The fourth-order valence-electron chi connectivity index (χ4n) is 0.957. The minimum Gasteiger partial charge on any atom is -0.420 e. The van der Waals surface area contributed by atoms with Crippen molar-refractivity contribution in [2.75, 3.05) is 0 Å². The van der Waals surface area contributed by atoms with E-state index >= 15 is 0 Å². The second-order valence-electron chi connectivity index (χ2n) is 2.80. The third kappa shape index (κ3) is 1.93. The van der Waals surface area contributed by atoms with Crippen molar-refractivity contribution in [3.63, 3.8) is 0 Å². The maximum Gasteiger partial charge on any atom is 0.308 e. The van der Waals surface area contributed by atoms with E-state index in [1.165, 1.54) is 0 Å². The average Bonchev–Trinajstić information content (AvgIpc) is 2.18. The summed E-state index contributed by atoms with van der Waals surface area (Å²) >= 11 is 0. The van der Waals surface area contributed by atoms with Crippen molar-refractivity contribution in [2.24, 2.45) is 0 Å². The van der Waals surface area contributed by atoms with Crippen LogP contribution in [0.2, 0.25) is 0 Å². The van der Waals surface area contributed by atoms with E-state index in [0.29, 0.717) is 0 Å². The number of benzene rings is 1. The van der Waals surface area contributed by atoms with Gasteiger partial charge in [0.15, 0.2) is 17.5 Å². The van der Waals surface area contributed by atoms with Gasteiger partial charge in [0.2, 0.25) is 11.6 Å². The molecule has 0 saturated heterocycles. The van der Waals surface area contributed by atoms with E-state index in [-0.39, 0.29) is 0 Å². The summed E-state index contributed by atoms with van der Waals surface area (Å²) in [4.78, 5) is 10.5. The summed E-state index contributed by atoms with van der Waals surface area (Å²) in [7, 11) is 0. The highest BCUT2D eigenvalue weighted by atomic mass is 19.2. The van der Waals surface area contributed by atoms with Crippen LogP contribution in [0.15, 0.2) is 0 Å². The van der Waals surface area contributed by atoms with Gasteiger partial charge >= 0.3 is 5.97 Å². The lowest BCUT2D eigenvalue weighted by Crippen LogP contribution is -2.09. The Morgan fingerprint density at radius 3 is 2.00 bits per heavy atom. The molecule has 0 N–H and O–H groups in total. The van der Waals surface area contributed by atoms with Crippen LogP contribution in [-0.2, 0) is 4.79 Å². The summed E-state index contributed by atoms with van der Waals surface area (Å²) in [5, 5.41) is 0. The van der Waals surface area contributed by atoms with Gasteiger partial charge in [-0.1, -0.05) is 0 Å². The van der Waals surface area contributed by atoms with E-state index < -0.39 is 40.6 Å². The summed E-state index contributed by atoms with van der Waals surface area (Å²) in [6.07, 6.45) is 0. The molecule has 0 spiro atoms. The van der Waals surface area contributed by atoms with Crippen molar-refractivity contribution < 1.29 is 27.1 Å². The van der Waals surface area contributed by atoms with E-state index in [0.717, 1.165) is 13.8 Å². The number of carbonyl (C=O) groups excluding carboxylic acids is 1. The van der Waals surface area contributed by atoms with Crippen LogP contribution >= 0.6 is 0 Å². The molecule has 0 unspecified atom stereocenters. The Balaban J connectivity index is 3.45. The highest BCUT2D eigenvalue weighted by molar-refractivity contribution is 5.69. The highest BCUT2D eigenvalue weighted by Crippen LogP contribution is 2.29. The largest absolute Gasteiger partial charge is 0.420 e. The third-order valence-corrected chi connectivity index (χ3v) is 1.69. The molecular weight excluding hydrogens is 216 g/mol. The first-order valence-electron chi connectivity index (χ1n) is 3.87. The number of esters is 1. The molecule has 0 atom stereocenters. The fourth-order valence-corrected chi connectivity index (χ4v) is 0.957. The van der Waals surface area contributed by atoms with Gasteiger partial charge in [-0.05, 0) is 6.92 Å². The quantitative estimate of drug-likeness (QED) is 0.240. The number of halogens is 4. The van der Waals surface area contributed by atoms with Crippen LogP contribution in [0.3, 0.4) is 0 Å². The molecule has 0 amide bonds. The topological polar surface area (TPSA) is 26.3 Å². The van der Waals surface area contributed by atoms with Gasteiger partial charge in [-0.15, -0.1) is 0 Å². The number of hydrogen-bond donors (Lipinski definition) is 0. The lowest BCUT2D eigenvalue weighted by atomic mass is 10.2. The maximum absolute atomic E-state index is 13.1. The Labute approximate surface area is 82.5 Å². The molecule has 1 aromatic carbocycles. The van der Waals surface area contributed by atoms with Crippen LogP contribution in [0.25, 0.3) is 0 Å². The van der Waals surface area contributed by atoms with Crippen LogP contribution in [0.4, 0.5) is 17.6 Å². The molecule has 0 saturated carbocycles. The van der Waals surface area contributed by atoms with Crippen molar-refractivity contribution in [3.8, 4) is 5.75 Å². The first kappa shape index (κ1) is 11.5. The monoisotopic (exact) mass is 222 g/mol. The second-order valence-corrected chi connectivity index (χ2v) is 2.80. The molecule has 0 fully saturated rings. The van der Waals surface area contributed by atoms with E-state index in [9.17, 15) is 22.4 Å². The molecule has 2 nitrogen and oxygen atoms in total. The normalized spacial score (nSPS) is 10.3. The molecule has 6 heteroatoms. The highest BCUT2D eigenvalue weighted by Gasteiger charge is 2.25. The standard InChI is InChI=1S/C9H6F4O2/c1-3-5(10)7(12)8(13)9(6(3)11)15-4(2)14/h1-2H3. The molecule has 1 aromatic rings. The van der Waals surface area contributed by atoms with Gasteiger partial charge in [0, 0.05) is 12.5 Å². The Morgan fingerprint density at radius 1 is 1.00 bits per heavy atom. The molecule has 1 rings (SSSR count). The van der Waals surface area contributed by atoms with E-state index in [1.54, 1.807) is 0 Å². The van der Waals surface area contributed by atoms with Crippen molar-refractivity contribution in [2.45, 2.75) is 13.8 Å². The molecule has 0 heterocycles. The zero-order chi connectivity index (χ0) is 11.7. The molecular formula is C9H6F4O2. The Kier molecular flexibility index (Phi) is 2.97. The zero-order valence-electron chi connectivity index (χ0n) is 7.83. The molecule has 0 aromatic heterocycles. The number of hydrogen-bond acceptors (Lipinski definition) is 2. The van der Waals surface area contributed by atoms with Crippen LogP contribution in [0, 0.1) is 30.2 Å². The lowest BCUT2D eigenvalue weighted by molar-refractivity contribution is -0.132. The minimum absolute atomic E-state index is 0.745. The first-order valence-corrected chi connectivity index (χ1v) is 3.87. The average molecular weight is 222 g/mol. The van der Waals surface area contributed by atoms with Gasteiger partial charge in [0.25, 0.3) is 0 Å². The van der Waals surface area contributed by atoms with Crippen molar-refractivity contribution >= 4 is 5.97 Å². The number of carbonyl (C=O) groups is 1. The van der Waals surface area contributed by atoms with Crippen molar-refractivity contribution in [1.82, 2.24) is 0 Å². The van der Waals surface area contributed by atoms with E-state index in [1.807, 2.05) is 0 Å². The van der Waals surface area contributed by atoms with Crippen LogP contribution < -0.4 is 4.74 Å². The smallest absolute Gasteiger partial charge is 0.308 e. The molecule has 15 heavy (non-hydrogen) atoms. The number of ether oxygens (including phenoxy) is 1. The molecule has 0 aliphatic rings. The van der Waals surface area contributed by atoms with Gasteiger partial charge in [-0.2, -0.15) is 4.39 Å². The SMILES string of the molecule is CC(=O)Oc1c(F)c(C)c(F)c(F)c1F. The predicted octanol–water partition coefficient (Wildman–Crippen LogP) is 2.48. The second kappa shape index (κ2) is 3.88. The first-order chi connectivity index (χ1) is 6.86. The third-order valence-electron chi connectivity index (χ3n) is 1.69. The fraction of sp³-hybridized carbons (Fsp3) is 0.222. The van der Waals surface area contributed by atoms with Gasteiger partial charge in [0.1, 0.15) is 0 Å². The van der Waals surface area contributed by atoms with Gasteiger partial charge in [-0.3, -0.25) is 4.79 Å². The van der Waals surface area contributed by atoms with Crippen LogP contribution in [-0.4, -0.2) is 5.97 Å². The molecule has 0 aliphatic carbocycles. The predicted molar refractivity (Wildman–Crippen MR) is 42.3 cm³/mol. The minimum atomic E-state index is -1.87. The molecule has 0 radical (unpaired) electrons. The van der Waals surface area contributed by atoms with Crippen molar-refractivity contribution in [3.05, 3.63) is 28.8 Å².